The lowest BCUT2D eigenvalue weighted by Gasteiger charge is -2.16. The Balaban J connectivity index is 2.28. The minimum Gasteiger partial charge on any atom is -0.376 e. The van der Waals surface area contributed by atoms with E-state index in [0.717, 1.165) is 17.0 Å². The Kier molecular flexibility index (Phi) is 3.75. The van der Waals surface area contributed by atoms with Crippen LogP contribution in [0.1, 0.15) is 35.5 Å². The quantitative estimate of drug-likeness (QED) is 0.933. The van der Waals surface area contributed by atoms with Gasteiger partial charge in [-0.15, -0.1) is 0 Å². The number of nitrogens with zero attached hydrogens (tertiary/aromatic N) is 3. The van der Waals surface area contributed by atoms with Gasteiger partial charge in [-0.2, -0.15) is 10.4 Å². The van der Waals surface area contributed by atoms with E-state index in [1.165, 1.54) is 6.07 Å². The fourth-order valence-electron chi connectivity index (χ4n) is 2.42. The fraction of sp³-hybridized carbons (Fsp3) is 0.333. The maximum atomic E-state index is 13.9. The first-order chi connectivity index (χ1) is 9.43. The smallest absolute Gasteiger partial charge is 0.147 e. The van der Waals surface area contributed by atoms with Gasteiger partial charge in [0.15, 0.2) is 0 Å². The molecule has 0 aliphatic rings. The molecule has 2 aromatic rings. The summed E-state index contributed by atoms with van der Waals surface area (Å²) in [6.45, 7) is 5.90. The molecule has 0 saturated heterocycles. The van der Waals surface area contributed by atoms with Crippen molar-refractivity contribution in [2.75, 3.05) is 5.32 Å². The van der Waals surface area contributed by atoms with Gasteiger partial charge in [-0.25, -0.2) is 4.39 Å². The monoisotopic (exact) mass is 272 g/mol. The Labute approximate surface area is 117 Å². The predicted octanol–water partition coefficient (Wildman–Crippen LogP) is 3.22. The number of nitrogens with one attached hydrogen (secondary N) is 1. The number of halogens is 1. The zero-order valence-electron chi connectivity index (χ0n) is 12.0. The number of aryl methyl sites for hydroxylation is 2. The highest BCUT2D eigenvalue weighted by molar-refractivity contribution is 5.50. The lowest BCUT2D eigenvalue weighted by Crippen LogP contribution is -2.10. The van der Waals surface area contributed by atoms with Crippen LogP contribution in [-0.4, -0.2) is 9.78 Å². The third-order valence-electron chi connectivity index (χ3n) is 3.47. The van der Waals surface area contributed by atoms with Crippen molar-refractivity contribution in [1.82, 2.24) is 9.78 Å². The topological polar surface area (TPSA) is 53.6 Å². The van der Waals surface area contributed by atoms with Crippen molar-refractivity contribution in [3.63, 3.8) is 0 Å². The van der Waals surface area contributed by atoms with Gasteiger partial charge in [0, 0.05) is 18.3 Å². The molecule has 0 amide bonds. The third kappa shape index (κ3) is 2.50. The lowest BCUT2D eigenvalue weighted by molar-refractivity contribution is 0.626. The first kappa shape index (κ1) is 14.1. The van der Waals surface area contributed by atoms with Crippen LogP contribution in [0.3, 0.4) is 0 Å². The predicted molar refractivity (Wildman–Crippen MR) is 75.8 cm³/mol. The van der Waals surface area contributed by atoms with Crippen molar-refractivity contribution in [1.29, 1.82) is 5.26 Å². The molecular formula is C15H17FN4. The van der Waals surface area contributed by atoms with Gasteiger partial charge in [0.05, 0.1) is 29.1 Å². The van der Waals surface area contributed by atoms with Crippen LogP contribution in [0.15, 0.2) is 18.2 Å². The Bertz CT molecular complexity index is 682. The highest BCUT2D eigenvalue weighted by atomic mass is 19.1. The molecule has 1 atom stereocenters. The zero-order valence-corrected chi connectivity index (χ0v) is 12.0. The van der Waals surface area contributed by atoms with Crippen molar-refractivity contribution in [3.8, 4) is 6.07 Å². The van der Waals surface area contributed by atoms with Crippen molar-refractivity contribution in [2.24, 2.45) is 7.05 Å². The van der Waals surface area contributed by atoms with Gasteiger partial charge in [-0.05, 0) is 39.0 Å². The van der Waals surface area contributed by atoms with Gasteiger partial charge < -0.3 is 5.32 Å². The Morgan fingerprint density at radius 1 is 1.40 bits per heavy atom. The van der Waals surface area contributed by atoms with E-state index in [9.17, 15) is 4.39 Å². The number of rotatable bonds is 3. The van der Waals surface area contributed by atoms with Crippen LogP contribution in [0.25, 0.3) is 0 Å². The third-order valence-corrected chi connectivity index (χ3v) is 3.47. The van der Waals surface area contributed by atoms with E-state index >= 15 is 0 Å². The zero-order chi connectivity index (χ0) is 14.9. The summed E-state index contributed by atoms with van der Waals surface area (Å²) in [4.78, 5) is 0. The highest BCUT2D eigenvalue weighted by Crippen LogP contribution is 2.26. The van der Waals surface area contributed by atoms with Crippen LogP contribution in [-0.2, 0) is 7.05 Å². The first-order valence-electron chi connectivity index (χ1n) is 6.40. The summed E-state index contributed by atoms with van der Waals surface area (Å²) in [6, 6.07) is 6.28. The number of hydrogen-bond acceptors (Lipinski definition) is 3. The molecule has 2 rings (SSSR count). The summed E-state index contributed by atoms with van der Waals surface area (Å²) >= 11 is 0. The summed E-state index contributed by atoms with van der Waals surface area (Å²) in [5.74, 6) is -0.421. The number of nitriles is 1. The lowest BCUT2D eigenvalue weighted by atomic mass is 10.1. The van der Waals surface area contributed by atoms with E-state index in [2.05, 4.69) is 10.4 Å². The molecule has 1 aromatic heterocycles. The molecule has 4 nitrogen and oxygen atoms in total. The van der Waals surface area contributed by atoms with E-state index in [0.29, 0.717) is 11.3 Å². The van der Waals surface area contributed by atoms with E-state index in [4.69, 9.17) is 5.26 Å². The molecule has 20 heavy (non-hydrogen) atoms. The number of benzene rings is 1. The second-order valence-electron chi connectivity index (χ2n) is 4.88. The maximum Gasteiger partial charge on any atom is 0.147 e. The molecule has 0 aliphatic heterocycles. The summed E-state index contributed by atoms with van der Waals surface area (Å²) in [5, 5.41) is 16.2. The molecule has 0 radical (unpaired) electrons. The van der Waals surface area contributed by atoms with Gasteiger partial charge in [0.2, 0.25) is 0 Å². The minimum atomic E-state index is -0.421. The molecule has 104 valence electrons. The average Bonchev–Trinajstić information content (AvgIpc) is 2.65. The second kappa shape index (κ2) is 5.33. The Morgan fingerprint density at radius 2 is 2.10 bits per heavy atom. The van der Waals surface area contributed by atoms with Crippen LogP contribution in [0.2, 0.25) is 0 Å². The molecule has 0 saturated carbocycles. The first-order valence-corrected chi connectivity index (χ1v) is 6.40. The van der Waals surface area contributed by atoms with Crippen molar-refractivity contribution in [3.05, 3.63) is 46.5 Å². The number of hydrogen-bond donors (Lipinski definition) is 1. The Hall–Kier alpha value is -2.35. The van der Waals surface area contributed by atoms with Crippen LogP contribution in [0.4, 0.5) is 10.1 Å². The normalized spacial score (nSPS) is 12.0. The second-order valence-corrected chi connectivity index (χ2v) is 4.88. The summed E-state index contributed by atoms with van der Waals surface area (Å²) in [5.41, 5.74) is 3.75. The number of aromatic nitrogens is 2. The fourth-order valence-corrected chi connectivity index (χ4v) is 2.42. The van der Waals surface area contributed by atoms with Gasteiger partial charge in [-0.1, -0.05) is 0 Å². The molecular weight excluding hydrogens is 255 g/mol. The van der Waals surface area contributed by atoms with E-state index in [1.54, 1.807) is 12.1 Å². The van der Waals surface area contributed by atoms with Crippen LogP contribution in [0, 0.1) is 31.0 Å². The average molecular weight is 272 g/mol. The molecule has 1 unspecified atom stereocenters. The molecule has 1 heterocycles. The molecule has 1 aromatic carbocycles. The van der Waals surface area contributed by atoms with Gasteiger partial charge in [-0.3, -0.25) is 4.68 Å². The molecule has 0 fully saturated rings. The van der Waals surface area contributed by atoms with Crippen LogP contribution >= 0.6 is 0 Å². The number of anilines is 1. The van der Waals surface area contributed by atoms with Gasteiger partial charge >= 0.3 is 0 Å². The van der Waals surface area contributed by atoms with E-state index in [1.807, 2.05) is 38.6 Å². The summed E-state index contributed by atoms with van der Waals surface area (Å²) in [6.07, 6.45) is 0. The van der Waals surface area contributed by atoms with Crippen molar-refractivity contribution < 1.29 is 4.39 Å². The SMILES string of the molecule is Cc1nn(C)c(C)c1C(C)Nc1ccc(C#N)cc1F. The standard InChI is InChI=1S/C15H17FN4/c1-9(15-10(2)19-20(4)11(15)3)18-14-6-5-12(8-17)7-13(14)16/h5-7,9,18H,1-4H3. The summed E-state index contributed by atoms with van der Waals surface area (Å²) < 4.78 is 15.7. The van der Waals surface area contributed by atoms with Gasteiger partial charge in [0.1, 0.15) is 5.82 Å². The highest BCUT2D eigenvalue weighted by Gasteiger charge is 2.17. The van der Waals surface area contributed by atoms with E-state index < -0.39 is 5.82 Å². The summed E-state index contributed by atoms with van der Waals surface area (Å²) in [7, 11) is 1.89. The molecule has 0 aliphatic carbocycles. The van der Waals surface area contributed by atoms with E-state index in [-0.39, 0.29) is 6.04 Å². The van der Waals surface area contributed by atoms with Gasteiger partial charge in [0.25, 0.3) is 0 Å². The van der Waals surface area contributed by atoms with Crippen molar-refractivity contribution >= 4 is 5.69 Å². The van der Waals surface area contributed by atoms with Crippen LogP contribution in [0.5, 0.6) is 0 Å². The molecule has 5 heteroatoms. The largest absolute Gasteiger partial charge is 0.376 e. The molecule has 1 N–H and O–H groups in total. The van der Waals surface area contributed by atoms with Crippen molar-refractivity contribution in [2.45, 2.75) is 26.8 Å². The minimum absolute atomic E-state index is 0.0638. The maximum absolute atomic E-state index is 13.9. The molecule has 0 bridgehead atoms. The van der Waals surface area contributed by atoms with Crippen LogP contribution < -0.4 is 5.32 Å². The Morgan fingerprint density at radius 3 is 2.60 bits per heavy atom. The molecule has 0 spiro atoms.